The van der Waals surface area contributed by atoms with Crippen molar-refractivity contribution < 1.29 is 0 Å². The summed E-state index contributed by atoms with van der Waals surface area (Å²) in [5.41, 5.74) is 4.72. The van der Waals surface area contributed by atoms with Gasteiger partial charge in [-0.15, -0.1) is 0 Å². The smallest absolute Gasteiger partial charge is 0.00470 e. The zero-order chi connectivity index (χ0) is 16.0. The molecule has 2 aromatic rings. The van der Waals surface area contributed by atoms with Gasteiger partial charge in [-0.05, 0) is 41.4 Å². The van der Waals surface area contributed by atoms with Gasteiger partial charge in [0, 0.05) is 0 Å². The van der Waals surface area contributed by atoms with E-state index < -0.39 is 0 Å². The van der Waals surface area contributed by atoms with E-state index in [4.69, 9.17) is 0 Å². The first-order valence-corrected chi connectivity index (χ1v) is 9.50. The van der Waals surface area contributed by atoms with Gasteiger partial charge < -0.3 is 0 Å². The molecule has 0 saturated heterocycles. The standard InChI is InChI=1S/C23H30/c1-2-3-8-17-23(18-9-5-10-19-23)22-15-13-21(14-16-22)20-11-6-4-7-12-20/h4,6-7,11-16H,2-3,5,8-10,17-19H2,1H3. The molecular weight excluding hydrogens is 276 g/mol. The van der Waals surface area contributed by atoms with Crippen molar-refractivity contribution in [1.82, 2.24) is 0 Å². The highest BCUT2D eigenvalue weighted by Crippen LogP contribution is 2.43. The van der Waals surface area contributed by atoms with Crippen molar-refractivity contribution in [2.75, 3.05) is 0 Å². The Labute approximate surface area is 141 Å². The Balaban J connectivity index is 1.82. The molecule has 0 aliphatic heterocycles. The van der Waals surface area contributed by atoms with E-state index in [-0.39, 0.29) is 0 Å². The van der Waals surface area contributed by atoms with Gasteiger partial charge in [-0.2, -0.15) is 0 Å². The first-order valence-electron chi connectivity index (χ1n) is 9.50. The molecule has 0 heteroatoms. The monoisotopic (exact) mass is 306 g/mol. The van der Waals surface area contributed by atoms with Crippen molar-refractivity contribution in [2.24, 2.45) is 0 Å². The average molecular weight is 306 g/mol. The van der Waals surface area contributed by atoms with Crippen LogP contribution in [0.5, 0.6) is 0 Å². The minimum atomic E-state index is 0.461. The maximum atomic E-state index is 2.42. The Kier molecular flexibility index (Phi) is 5.54. The summed E-state index contributed by atoms with van der Waals surface area (Å²) in [6, 6.07) is 20.2. The van der Waals surface area contributed by atoms with Gasteiger partial charge in [-0.1, -0.05) is 100 Å². The van der Waals surface area contributed by atoms with Gasteiger partial charge >= 0.3 is 0 Å². The van der Waals surface area contributed by atoms with Crippen molar-refractivity contribution in [3.8, 4) is 11.1 Å². The molecule has 1 aliphatic carbocycles. The van der Waals surface area contributed by atoms with Crippen LogP contribution in [0.15, 0.2) is 54.6 Å². The molecule has 1 fully saturated rings. The van der Waals surface area contributed by atoms with E-state index in [1.54, 1.807) is 5.56 Å². The summed E-state index contributed by atoms with van der Waals surface area (Å²) in [5, 5.41) is 0. The minimum absolute atomic E-state index is 0.461. The lowest BCUT2D eigenvalue weighted by Crippen LogP contribution is -2.29. The fraction of sp³-hybridized carbons (Fsp3) is 0.478. The van der Waals surface area contributed by atoms with Crippen LogP contribution in [0.3, 0.4) is 0 Å². The van der Waals surface area contributed by atoms with Crippen molar-refractivity contribution in [3.05, 3.63) is 60.2 Å². The number of hydrogen-bond acceptors (Lipinski definition) is 0. The highest BCUT2D eigenvalue weighted by molar-refractivity contribution is 5.63. The fourth-order valence-corrected chi connectivity index (χ4v) is 4.27. The SMILES string of the molecule is CCCCCC1(c2ccc(-c3ccccc3)cc2)CCCCC1. The maximum absolute atomic E-state index is 2.42. The molecule has 122 valence electrons. The molecule has 0 radical (unpaired) electrons. The van der Waals surface area contributed by atoms with Gasteiger partial charge in [0.15, 0.2) is 0 Å². The largest absolute Gasteiger partial charge is 0.0654 e. The molecule has 0 bridgehead atoms. The average Bonchev–Trinajstić information content (AvgIpc) is 2.64. The number of hydrogen-bond donors (Lipinski definition) is 0. The number of rotatable bonds is 6. The minimum Gasteiger partial charge on any atom is -0.0654 e. The predicted molar refractivity (Wildman–Crippen MR) is 101 cm³/mol. The molecular formula is C23H30. The summed E-state index contributed by atoms with van der Waals surface area (Å²) in [6.45, 7) is 2.31. The third-order valence-electron chi connectivity index (χ3n) is 5.67. The molecule has 0 atom stereocenters. The first kappa shape index (κ1) is 16.3. The molecule has 3 rings (SSSR count). The lowest BCUT2D eigenvalue weighted by Gasteiger charge is -2.38. The van der Waals surface area contributed by atoms with Crippen molar-refractivity contribution >= 4 is 0 Å². The summed E-state index contributed by atoms with van der Waals surface area (Å²) >= 11 is 0. The van der Waals surface area contributed by atoms with Crippen molar-refractivity contribution in [2.45, 2.75) is 70.1 Å². The van der Waals surface area contributed by atoms with E-state index in [2.05, 4.69) is 61.5 Å². The lowest BCUT2D eigenvalue weighted by atomic mass is 9.66. The molecule has 0 amide bonds. The molecule has 0 aromatic heterocycles. The van der Waals surface area contributed by atoms with Crippen LogP contribution in [-0.4, -0.2) is 0 Å². The molecule has 1 saturated carbocycles. The van der Waals surface area contributed by atoms with Crippen LogP contribution in [0.2, 0.25) is 0 Å². The van der Waals surface area contributed by atoms with Crippen LogP contribution < -0.4 is 0 Å². The Morgan fingerprint density at radius 2 is 1.39 bits per heavy atom. The van der Waals surface area contributed by atoms with Crippen LogP contribution in [0.4, 0.5) is 0 Å². The topological polar surface area (TPSA) is 0 Å². The Morgan fingerprint density at radius 3 is 2.04 bits per heavy atom. The van der Waals surface area contributed by atoms with E-state index in [1.165, 1.54) is 68.9 Å². The summed E-state index contributed by atoms with van der Waals surface area (Å²) in [4.78, 5) is 0. The number of benzene rings is 2. The Hall–Kier alpha value is -1.56. The second-order valence-electron chi connectivity index (χ2n) is 7.24. The first-order chi connectivity index (χ1) is 11.3. The number of unbranched alkanes of at least 4 members (excludes halogenated alkanes) is 2. The highest BCUT2D eigenvalue weighted by Gasteiger charge is 2.33. The zero-order valence-corrected chi connectivity index (χ0v) is 14.6. The zero-order valence-electron chi connectivity index (χ0n) is 14.6. The maximum Gasteiger partial charge on any atom is -0.00470 e. The van der Waals surface area contributed by atoms with Gasteiger partial charge in [0.05, 0.1) is 0 Å². The van der Waals surface area contributed by atoms with Crippen molar-refractivity contribution in [1.29, 1.82) is 0 Å². The molecule has 0 unspecified atom stereocenters. The van der Waals surface area contributed by atoms with Crippen molar-refractivity contribution in [3.63, 3.8) is 0 Å². The quantitative estimate of drug-likeness (QED) is 0.498. The molecule has 0 nitrogen and oxygen atoms in total. The van der Waals surface area contributed by atoms with E-state index in [0.29, 0.717) is 5.41 Å². The van der Waals surface area contributed by atoms with Crippen LogP contribution in [0, 0.1) is 0 Å². The predicted octanol–water partition coefficient (Wildman–Crippen LogP) is 7.14. The molecule has 2 aromatic carbocycles. The Bertz CT molecular complexity index is 573. The normalized spacial score (nSPS) is 17.1. The van der Waals surface area contributed by atoms with E-state index in [1.807, 2.05) is 0 Å². The van der Waals surface area contributed by atoms with E-state index in [9.17, 15) is 0 Å². The third-order valence-corrected chi connectivity index (χ3v) is 5.67. The third kappa shape index (κ3) is 3.86. The summed E-state index contributed by atoms with van der Waals surface area (Å²) in [7, 11) is 0. The van der Waals surface area contributed by atoms with Crippen LogP contribution in [-0.2, 0) is 5.41 Å². The second kappa shape index (κ2) is 7.81. The molecule has 0 heterocycles. The van der Waals surface area contributed by atoms with Crippen LogP contribution in [0.25, 0.3) is 11.1 Å². The molecule has 0 spiro atoms. The van der Waals surface area contributed by atoms with Gasteiger partial charge in [0.1, 0.15) is 0 Å². The Morgan fingerprint density at radius 1 is 0.739 bits per heavy atom. The van der Waals surface area contributed by atoms with Crippen LogP contribution >= 0.6 is 0 Å². The van der Waals surface area contributed by atoms with E-state index in [0.717, 1.165) is 0 Å². The summed E-state index contributed by atoms with van der Waals surface area (Å²) in [5.74, 6) is 0. The summed E-state index contributed by atoms with van der Waals surface area (Å²) in [6.07, 6.45) is 12.5. The molecule has 1 aliphatic rings. The van der Waals surface area contributed by atoms with E-state index >= 15 is 0 Å². The van der Waals surface area contributed by atoms with Gasteiger partial charge in [-0.25, -0.2) is 0 Å². The molecule has 0 N–H and O–H groups in total. The highest BCUT2D eigenvalue weighted by atomic mass is 14.4. The van der Waals surface area contributed by atoms with Gasteiger partial charge in [0.25, 0.3) is 0 Å². The lowest BCUT2D eigenvalue weighted by molar-refractivity contribution is 0.266. The van der Waals surface area contributed by atoms with Gasteiger partial charge in [-0.3, -0.25) is 0 Å². The van der Waals surface area contributed by atoms with Gasteiger partial charge in [0.2, 0.25) is 0 Å². The fourth-order valence-electron chi connectivity index (χ4n) is 4.27. The van der Waals surface area contributed by atoms with Crippen LogP contribution in [0.1, 0.15) is 70.3 Å². The molecule has 23 heavy (non-hydrogen) atoms. The summed E-state index contributed by atoms with van der Waals surface area (Å²) < 4.78 is 0. The second-order valence-corrected chi connectivity index (χ2v) is 7.24.